The van der Waals surface area contributed by atoms with Crippen LogP contribution in [0.2, 0.25) is 0 Å². The number of nitrogens with one attached hydrogen (secondary N) is 2. The molecule has 0 bridgehead atoms. The van der Waals surface area contributed by atoms with Gasteiger partial charge in [0, 0.05) is 36.8 Å². The molecule has 1 saturated heterocycles. The predicted molar refractivity (Wildman–Crippen MR) is 122 cm³/mol. The minimum absolute atomic E-state index is 0.0743. The standard InChI is InChI=1S/C25H24FN5O/c26-20-10-8-17(9-11-20)15-27-23-21-12-13-22(28-24(21)30-29-23)19-7-4-14-31(16-19)25(32)18-5-2-1-3-6-18/h1-3,5-6,8-13,19H,4,7,14-16H2,(H2,27,28,29,30)/t19-/m0/s1. The van der Waals surface area contributed by atoms with Crippen molar-refractivity contribution in [1.82, 2.24) is 20.1 Å². The molecule has 2 aromatic carbocycles. The SMILES string of the molecule is O=C(c1ccccc1)N1CCC[C@H](c2ccc3c(NCc4ccc(F)cc4)n[nH]c3n2)C1. The van der Waals surface area contributed by atoms with Crippen molar-refractivity contribution in [3.8, 4) is 0 Å². The molecule has 0 aliphatic carbocycles. The van der Waals surface area contributed by atoms with Gasteiger partial charge in [0.2, 0.25) is 0 Å². The van der Waals surface area contributed by atoms with Gasteiger partial charge in [-0.1, -0.05) is 30.3 Å². The number of aromatic nitrogens is 3. The molecule has 5 rings (SSSR count). The van der Waals surface area contributed by atoms with Crippen LogP contribution in [0.25, 0.3) is 11.0 Å². The number of H-pyrrole nitrogens is 1. The molecule has 2 aromatic heterocycles. The largest absolute Gasteiger partial charge is 0.364 e. The summed E-state index contributed by atoms with van der Waals surface area (Å²) >= 11 is 0. The summed E-state index contributed by atoms with van der Waals surface area (Å²) in [7, 11) is 0. The minimum Gasteiger partial charge on any atom is -0.364 e. The molecule has 2 N–H and O–H groups in total. The molecule has 4 aromatic rings. The first-order valence-electron chi connectivity index (χ1n) is 10.8. The number of amides is 1. The number of likely N-dealkylation sites (tertiary alicyclic amines) is 1. The summed E-state index contributed by atoms with van der Waals surface area (Å²) in [6.45, 7) is 1.98. The van der Waals surface area contributed by atoms with Crippen LogP contribution in [0.15, 0.2) is 66.7 Å². The fourth-order valence-corrected chi connectivity index (χ4v) is 4.24. The normalized spacial score (nSPS) is 16.3. The fourth-order valence-electron chi connectivity index (χ4n) is 4.24. The summed E-state index contributed by atoms with van der Waals surface area (Å²) in [4.78, 5) is 19.6. The second kappa shape index (κ2) is 8.78. The average molecular weight is 429 g/mol. The number of fused-ring (bicyclic) bond motifs is 1. The smallest absolute Gasteiger partial charge is 0.253 e. The molecule has 162 valence electrons. The highest BCUT2D eigenvalue weighted by atomic mass is 19.1. The van der Waals surface area contributed by atoms with Gasteiger partial charge in [0.05, 0.1) is 5.39 Å². The van der Waals surface area contributed by atoms with Gasteiger partial charge in [0.25, 0.3) is 5.91 Å². The fraction of sp³-hybridized carbons (Fsp3) is 0.240. The number of nitrogens with zero attached hydrogens (tertiary/aromatic N) is 3. The summed E-state index contributed by atoms with van der Waals surface area (Å²) in [5.41, 5.74) is 3.38. The molecular weight excluding hydrogens is 405 g/mol. The Balaban J connectivity index is 1.29. The maximum Gasteiger partial charge on any atom is 0.253 e. The van der Waals surface area contributed by atoms with Gasteiger partial charge in [-0.15, -0.1) is 0 Å². The zero-order valence-electron chi connectivity index (χ0n) is 17.6. The Morgan fingerprint density at radius 3 is 2.72 bits per heavy atom. The molecular formula is C25H24FN5O. The van der Waals surface area contributed by atoms with E-state index in [2.05, 4.69) is 15.5 Å². The summed E-state index contributed by atoms with van der Waals surface area (Å²) in [5, 5.41) is 11.6. The van der Waals surface area contributed by atoms with E-state index in [1.807, 2.05) is 47.4 Å². The molecule has 1 aliphatic rings. The number of benzene rings is 2. The van der Waals surface area contributed by atoms with Gasteiger partial charge >= 0.3 is 0 Å². The second-order valence-electron chi connectivity index (χ2n) is 8.14. The van der Waals surface area contributed by atoms with Gasteiger partial charge < -0.3 is 10.2 Å². The van der Waals surface area contributed by atoms with Crippen molar-refractivity contribution < 1.29 is 9.18 Å². The average Bonchev–Trinajstić information content (AvgIpc) is 3.26. The molecule has 1 atom stereocenters. The van der Waals surface area contributed by atoms with E-state index in [0.29, 0.717) is 18.9 Å². The summed E-state index contributed by atoms with van der Waals surface area (Å²) in [6.07, 6.45) is 1.96. The molecule has 0 radical (unpaired) electrons. The van der Waals surface area contributed by atoms with Crippen molar-refractivity contribution >= 4 is 22.8 Å². The summed E-state index contributed by atoms with van der Waals surface area (Å²) in [6, 6.07) is 19.9. The van der Waals surface area contributed by atoms with Crippen LogP contribution in [0.1, 0.15) is 40.4 Å². The Bertz CT molecular complexity index is 1220. The highest BCUT2D eigenvalue weighted by Crippen LogP contribution is 2.29. The number of halogens is 1. The molecule has 0 spiro atoms. The van der Waals surface area contributed by atoms with Crippen LogP contribution in [0.5, 0.6) is 0 Å². The number of rotatable bonds is 5. The van der Waals surface area contributed by atoms with Crippen LogP contribution >= 0.6 is 0 Å². The molecule has 1 amide bonds. The zero-order chi connectivity index (χ0) is 21.9. The molecule has 1 aliphatic heterocycles. The molecule has 6 nitrogen and oxygen atoms in total. The van der Waals surface area contributed by atoms with Gasteiger partial charge in [-0.3, -0.25) is 9.89 Å². The van der Waals surface area contributed by atoms with Crippen LogP contribution in [0, 0.1) is 5.82 Å². The van der Waals surface area contributed by atoms with Crippen molar-refractivity contribution in [1.29, 1.82) is 0 Å². The van der Waals surface area contributed by atoms with Crippen molar-refractivity contribution in [2.24, 2.45) is 0 Å². The number of anilines is 1. The van der Waals surface area contributed by atoms with E-state index in [1.54, 1.807) is 12.1 Å². The number of carbonyl (C=O) groups is 1. The maximum absolute atomic E-state index is 13.1. The molecule has 0 saturated carbocycles. The van der Waals surface area contributed by atoms with Crippen molar-refractivity contribution in [3.63, 3.8) is 0 Å². The Morgan fingerprint density at radius 1 is 1.09 bits per heavy atom. The van der Waals surface area contributed by atoms with Crippen LogP contribution in [-0.2, 0) is 6.54 Å². The van der Waals surface area contributed by atoms with Crippen LogP contribution in [0.4, 0.5) is 10.2 Å². The van der Waals surface area contributed by atoms with Crippen molar-refractivity contribution in [2.45, 2.75) is 25.3 Å². The second-order valence-corrected chi connectivity index (χ2v) is 8.14. The van der Waals surface area contributed by atoms with Gasteiger partial charge in [-0.25, -0.2) is 9.37 Å². The van der Waals surface area contributed by atoms with E-state index in [-0.39, 0.29) is 17.6 Å². The van der Waals surface area contributed by atoms with E-state index in [1.165, 1.54) is 12.1 Å². The number of aromatic amines is 1. The van der Waals surface area contributed by atoms with Gasteiger partial charge in [-0.2, -0.15) is 5.10 Å². The van der Waals surface area contributed by atoms with Crippen LogP contribution in [0.3, 0.4) is 0 Å². The highest BCUT2D eigenvalue weighted by Gasteiger charge is 2.26. The Labute approximate surface area is 185 Å². The Kier molecular flexibility index (Phi) is 5.54. The van der Waals surface area contributed by atoms with Gasteiger partial charge in [-0.05, 0) is 54.8 Å². The lowest BCUT2D eigenvalue weighted by Crippen LogP contribution is -2.39. The van der Waals surface area contributed by atoms with Crippen LogP contribution < -0.4 is 5.32 Å². The van der Waals surface area contributed by atoms with E-state index in [4.69, 9.17) is 4.98 Å². The van der Waals surface area contributed by atoms with Gasteiger partial charge in [0.1, 0.15) is 5.82 Å². The topological polar surface area (TPSA) is 73.9 Å². The molecule has 7 heteroatoms. The number of hydrogen-bond donors (Lipinski definition) is 2. The predicted octanol–water partition coefficient (Wildman–Crippen LogP) is 4.73. The maximum atomic E-state index is 13.1. The zero-order valence-corrected chi connectivity index (χ0v) is 17.6. The van der Waals surface area contributed by atoms with E-state index >= 15 is 0 Å². The third-order valence-electron chi connectivity index (χ3n) is 5.97. The monoisotopic (exact) mass is 429 g/mol. The molecule has 1 fully saturated rings. The van der Waals surface area contributed by atoms with Gasteiger partial charge in [0.15, 0.2) is 11.5 Å². The number of carbonyl (C=O) groups excluding carboxylic acids is 1. The lowest BCUT2D eigenvalue weighted by molar-refractivity contribution is 0.0706. The molecule has 3 heterocycles. The first-order chi connectivity index (χ1) is 15.7. The highest BCUT2D eigenvalue weighted by molar-refractivity contribution is 5.94. The van der Waals surface area contributed by atoms with E-state index < -0.39 is 0 Å². The summed E-state index contributed by atoms with van der Waals surface area (Å²) < 4.78 is 13.1. The van der Waals surface area contributed by atoms with Crippen LogP contribution in [-0.4, -0.2) is 39.1 Å². The Morgan fingerprint density at radius 2 is 1.91 bits per heavy atom. The number of pyridine rings is 1. The van der Waals surface area contributed by atoms with E-state index in [9.17, 15) is 9.18 Å². The third-order valence-corrected chi connectivity index (χ3v) is 5.97. The quantitative estimate of drug-likeness (QED) is 0.481. The third kappa shape index (κ3) is 4.19. The minimum atomic E-state index is -0.248. The lowest BCUT2D eigenvalue weighted by atomic mass is 9.93. The number of piperidine rings is 1. The first-order valence-corrected chi connectivity index (χ1v) is 10.8. The first kappa shape index (κ1) is 20.2. The summed E-state index contributed by atoms with van der Waals surface area (Å²) in [5.74, 6) is 0.736. The van der Waals surface area contributed by atoms with Crippen molar-refractivity contribution in [2.75, 3.05) is 18.4 Å². The Hall–Kier alpha value is -3.74. The lowest BCUT2D eigenvalue weighted by Gasteiger charge is -2.32. The molecule has 0 unspecified atom stereocenters. The molecule has 32 heavy (non-hydrogen) atoms. The van der Waals surface area contributed by atoms with Crippen molar-refractivity contribution in [3.05, 3.63) is 89.4 Å². The number of hydrogen-bond acceptors (Lipinski definition) is 4. The van der Waals surface area contributed by atoms with E-state index in [0.717, 1.165) is 47.2 Å².